The number of aryl methyl sites for hydroxylation is 1. The molecule has 2 aromatic rings. The normalized spacial score (nSPS) is 23.7. The molecule has 1 aliphatic rings. The molecule has 0 unspecified atom stereocenters. The van der Waals surface area contributed by atoms with Crippen molar-refractivity contribution in [1.82, 2.24) is 14.5 Å². The lowest BCUT2D eigenvalue weighted by molar-refractivity contribution is 0.472. The van der Waals surface area contributed by atoms with Crippen LogP contribution in [0.1, 0.15) is 25.7 Å². The van der Waals surface area contributed by atoms with Crippen LogP contribution < -0.4 is 5.32 Å². The summed E-state index contributed by atoms with van der Waals surface area (Å²) in [5, 5.41) is 4.43. The van der Waals surface area contributed by atoms with Gasteiger partial charge < -0.3 is 9.88 Å². The average Bonchev–Trinajstić information content (AvgIpc) is 2.83. The van der Waals surface area contributed by atoms with Gasteiger partial charge in [0, 0.05) is 24.5 Å². The zero-order chi connectivity index (χ0) is 13.2. The third-order valence-corrected chi connectivity index (χ3v) is 5.13. The Morgan fingerprint density at radius 1 is 1.26 bits per heavy atom. The molecule has 2 heterocycles. The average molecular weight is 276 g/mol. The number of nitrogens with one attached hydrogen (secondary N) is 1. The van der Waals surface area contributed by atoms with Crippen LogP contribution in [-0.4, -0.2) is 32.1 Å². The summed E-state index contributed by atoms with van der Waals surface area (Å²) in [5.41, 5.74) is 2.12. The van der Waals surface area contributed by atoms with Crippen LogP contribution in [-0.2, 0) is 7.05 Å². The van der Waals surface area contributed by atoms with Crippen LogP contribution in [0.15, 0.2) is 18.6 Å². The lowest BCUT2D eigenvalue weighted by Crippen LogP contribution is -2.27. The van der Waals surface area contributed by atoms with Crippen LogP contribution in [0, 0.1) is 0 Å². The lowest BCUT2D eigenvalue weighted by Gasteiger charge is -2.28. The molecule has 19 heavy (non-hydrogen) atoms. The molecule has 0 spiro atoms. The van der Waals surface area contributed by atoms with E-state index in [1.807, 2.05) is 42.0 Å². The molecular weight excluding hydrogens is 256 g/mol. The first-order chi connectivity index (χ1) is 9.28. The molecule has 4 nitrogen and oxygen atoms in total. The predicted molar refractivity (Wildman–Crippen MR) is 81.7 cm³/mol. The van der Waals surface area contributed by atoms with Crippen molar-refractivity contribution < 1.29 is 0 Å². The smallest absolute Gasteiger partial charge is 0.154 e. The predicted octanol–water partition coefficient (Wildman–Crippen LogP) is 3.05. The molecule has 0 amide bonds. The number of aromatic nitrogens is 3. The highest BCUT2D eigenvalue weighted by Crippen LogP contribution is 2.29. The Labute approximate surface area is 118 Å². The Hall–Kier alpha value is -1.23. The van der Waals surface area contributed by atoms with Crippen molar-refractivity contribution in [2.24, 2.45) is 7.05 Å². The maximum Gasteiger partial charge on any atom is 0.154 e. The zero-order valence-corrected chi connectivity index (χ0v) is 12.3. The van der Waals surface area contributed by atoms with Gasteiger partial charge >= 0.3 is 0 Å². The quantitative estimate of drug-likeness (QED) is 0.935. The second-order valence-electron chi connectivity index (χ2n) is 5.24. The van der Waals surface area contributed by atoms with E-state index in [1.165, 1.54) is 25.7 Å². The molecule has 1 fully saturated rings. The summed E-state index contributed by atoms with van der Waals surface area (Å²) in [5.74, 6) is 0.936. The minimum Gasteiger partial charge on any atom is -0.365 e. The van der Waals surface area contributed by atoms with E-state index in [4.69, 9.17) is 0 Å². The number of rotatable bonds is 3. The van der Waals surface area contributed by atoms with E-state index in [0.29, 0.717) is 6.04 Å². The number of fused-ring (bicyclic) bond motifs is 1. The molecule has 0 bridgehead atoms. The van der Waals surface area contributed by atoms with Crippen LogP contribution in [0.25, 0.3) is 11.0 Å². The van der Waals surface area contributed by atoms with E-state index in [-0.39, 0.29) is 0 Å². The topological polar surface area (TPSA) is 42.7 Å². The number of hydrogen-bond acceptors (Lipinski definition) is 4. The van der Waals surface area contributed by atoms with Crippen molar-refractivity contribution in [3.8, 4) is 0 Å². The zero-order valence-electron chi connectivity index (χ0n) is 11.5. The number of thioether (sulfide) groups is 1. The third kappa shape index (κ3) is 2.56. The number of imidazole rings is 1. The Bertz CT molecular complexity index is 558. The minimum atomic E-state index is 0.545. The first-order valence-corrected chi connectivity index (χ1v) is 8.12. The molecule has 5 heteroatoms. The summed E-state index contributed by atoms with van der Waals surface area (Å²) in [7, 11) is 2.02. The number of nitrogens with zero attached hydrogens (tertiary/aromatic N) is 3. The van der Waals surface area contributed by atoms with Crippen molar-refractivity contribution >= 4 is 28.6 Å². The van der Waals surface area contributed by atoms with Crippen molar-refractivity contribution in [3.05, 3.63) is 18.6 Å². The first kappa shape index (κ1) is 12.8. The highest BCUT2D eigenvalue weighted by molar-refractivity contribution is 7.99. The summed E-state index contributed by atoms with van der Waals surface area (Å²) in [6.45, 7) is 0. The van der Waals surface area contributed by atoms with Crippen LogP contribution in [0.2, 0.25) is 0 Å². The van der Waals surface area contributed by atoms with Crippen molar-refractivity contribution in [2.75, 3.05) is 11.6 Å². The molecule has 0 aromatic carbocycles. The molecule has 0 atom stereocenters. The fourth-order valence-electron chi connectivity index (χ4n) is 2.80. The molecule has 1 N–H and O–H groups in total. The van der Waals surface area contributed by atoms with E-state index in [0.717, 1.165) is 22.1 Å². The SMILES string of the molecule is CSC1CCC(Nc2nccc3c2ncn3C)CC1. The monoisotopic (exact) mass is 276 g/mol. The number of pyridine rings is 1. The Morgan fingerprint density at radius 3 is 2.79 bits per heavy atom. The van der Waals surface area contributed by atoms with E-state index in [1.54, 1.807) is 0 Å². The van der Waals surface area contributed by atoms with Gasteiger partial charge in [-0.25, -0.2) is 9.97 Å². The molecule has 0 aliphatic heterocycles. The minimum absolute atomic E-state index is 0.545. The van der Waals surface area contributed by atoms with E-state index in [2.05, 4.69) is 21.5 Å². The van der Waals surface area contributed by atoms with Gasteiger partial charge in [0.05, 0.1) is 11.8 Å². The van der Waals surface area contributed by atoms with Gasteiger partial charge in [0.15, 0.2) is 5.82 Å². The highest BCUT2D eigenvalue weighted by Gasteiger charge is 2.21. The first-order valence-electron chi connectivity index (χ1n) is 6.83. The number of anilines is 1. The van der Waals surface area contributed by atoms with Crippen molar-refractivity contribution in [2.45, 2.75) is 37.0 Å². The summed E-state index contributed by atoms with van der Waals surface area (Å²) in [6, 6.07) is 2.56. The lowest BCUT2D eigenvalue weighted by atomic mass is 9.95. The Kier molecular flexibility index (Phi) is 3.64. The fourth-order valence-corrected chi connectivity index (χ4v) is 3.55. The summed E-state index contributed by atoms with van der Waals surface area (Å²) >= 11 is 2.00. The maximum absolute atomic E-state index is 4.46. The van der Waals surface area contributed by atoms with Gasteiger partial charge in [0.25, 0.3) is 0 Å². The Morgan fingerprint density at radius 2 is 2.05 bits per heavy atom. The van der Waals surface area contributed by atoms with Crippen molar-refractivity contribution in [3.63, 3.8) is 0 Å². The van der Waals surface area contributed by atoms with Gasteiger partial charge in [-0.2, -0.15) is 11.8 Å². The maximum atomic E-state index is 4.46. The number of hydrogen-bond donors (Lipinski definition) is 1. The van der Waals surface area contributed by atoms with E-state index in [9.17, 15) is 0 Å². The van der Waals surface area contributed by atoms with Gasteiger partial charge in [0.1, 0.15) is 5.52 Å². The second-order valence-corrected chi connectivity index (χ2v) is 6.37. The molecule has 102 valence electrons. The van der Waals surface area contributed by atoms with Crippen LogP contribution in [0.4, 0.5) is 5.82 Å². The molecular formula is C14H20N4S. The van der Waals surface area contributed by atoms with Crippen LogP contribution in [0.3, 0.4) is 0 Å². The fraction of sp³-hybridized carbons (Fsp3) is 0.571. The second kappa shape index (κ2) is 5.41. The molecule has 0 saturated heterocycles. The molecule has 2 aromatic heterocycles. The van der Waals surface area contributed by atoms with Gasteiger partial charge in [-0.1, -0.05) is 0 Å². The molecule has 1 saturated carbocycles. The van der Waals surface area contributed by atoms with Gasteiger partial charge in [0.2, 0.25) is 0 Å². The van der Waals surface area contributed by atoms with Gasteiger partial charge in [-0.15, -0.1) is 0 Å². The standard InChI is InChI=1S/C14H20N4S/c1-18-9-16-13-12(18)7-8-15-14(13)17-10-3-5-11(19-2)6-4-10/h7-11H,3-6H2,1-2H3,(H,15,17). The third-order valence-electron chi connectivity index (χ3n) is 3.99. The van der Waals surface area contributed by atoms with Crippen LogP contribution in [0.5, 0.6) is 0 Å². The van der Waals surface area contributed by atoms with Crippen molar-refractivity contribution in [1.29, 1.82) is 0 Å². The van der Waals surface area contributed by atoms with E-state index >= 15 is 0 Å². The summed E-state index contributed by atoms with van der Waals surface area (Å²) in [4.78, 5) is 8.91. The Balaban J connectivity index is 1.75. The summed E-state index contributed by atoms with van der Waals surface area (Å²) < 4.78 is 2.03. The van der Waals surface area contributed by atoms with Gasteiger partial charge in [-0.3, -0.25) is 0 Å². The van der Waals surface area contributed by atoms with Gasteiger partial charge in [-0.05, 0) is 38.0 Å². The highest BCUT2D eigenvalue weighted by atomic mass is 32.2. The molecule has 0 radical (unpaired) electrons. The largest absolute Gasteiger partial charge is 0.365 e. The van der Waals surface area contributed by atoms with E-state index < -0.39 is 0 Å². The summed E-state index contributed by atoms with van der Waals surface area (Å²) in [6.07, 6.45) is 11.0. The van der Waals surface area contributed by atoms with Crippen LogP contribution >= 0.6 is 11.8 Å². The molecule has 1 aliphatic carbocycles. The molecule has 3 rings (SSSR count).